The zero-order valence-corrected chi connectivity index (χ0v) is 17.0. The monoisotopic (exact) mass is 386 g/mol. The third-order valence-corrected chi connectivity index (χ3v) is 4.76. The van der Waals surface area contributed by atoms with Crippen LogP contribution in [0, 0.1) is 0 Å². The highest BCUT2D eigenvalue weighted by Gasteiger charge is 2.39. The lowest BCUT2D eigenvalue weighted by Crippen LogP contribution is -2.49. The summed E-state index contributed by atoms with van der Waals surface area (Å²) in [6.45, 7) is 9.86. The Morgan fingerprint density at radius 3 is 2.82 bits per heavy atom. The Morgan fingerprint density at radius 2 is 2.14 bits per heavy atom. The Bertz CT molecular complexity index is 732. The Morgan fingerprint density at radius 1 is 1.36 bits per heavy atom. The first-order valence-corrected chi connectivity index (χ1v) is 9.99. The van der Waals surface area contributed by atoms with E-state index in [4.69, 9.17) is 14.2 Å². The van der Waals surface area contributed by atoms with Crippen molar-refractivity contribution < 1.29 is 19.0 Å². The quantitative estimate of drug-likeness (QED) is 0.521. The number of hydrogen-bond donors (Lipinski definition) is 0. The Kier molecular flexibility index (Phi) is 6.30. The van der Waals surface area contributed by atoms with Crippen molar-refractivity contribution in [1.82, 2.24) is 9.88 Å². The van der Waals surface area contributed by atoms with Gasteiger partial charge in [0.1, 0.15) is 23.7 Å². The molecule has 152 valence electrons. The fraction of sp³-hybridized carbons (Fsp3) is 0.591. The van der Waals surface area contributed by atoms with E-state index in [2.05, 4.69) is 17.3 Å². The maximum absolute atomic E-state index is 12.9. The molecule has 1 saturated carbocycles. The zero-order valence-electron chi connectivity index (χ0n) is 17.0. The Labute approximate surface area is 167 Å². The smallest absolute Gasteiger partial charge is 0.410 e. The van der Waals surface area contributed by atoms with Gasteiger partial charge in [-0.25, -0.2) is 4.79 Å². The van der Waals surface area contributed by atoms with Gasteiger partial charge in [0.15, 0.2) is 0 Å². The predicted molar refractivity (Wildman–Crippen MR) is 106 cm³/mol. The number of amides is 1. The summed E-state index contributed by atoms with van der Waals surface area (Å²) in [6, 6.07) is 1.68. The molecule has 1 aromatic rings. The lowest BCUT2D eigenvalue weighted by Gasteiger charge is -2.40. The van der Waals surface area contributed by atoms with E-state index in [0.717, 1.165) is 43.4 Å². The fourth-order valence-corrected chi connectivity index (χ4v) is 3.39. The largest absolute Gasteiger partial charge is 0.490 e. The first-order valence-electron chi connectivity index (χ1n) is 9.99. The van der Waals surface area contributed by atoms with Crippen molar-refractivity contribution >= 4 is 6.09 Å². The molecule has 0 radical (unpaired) electrons. The minimum Gasteiger partial charge on any atom is -0.490 e. The second-order valence-electron chi connectivity index (χ2n) is 8.35. The summed E-state index contributed by atoms with van der Waals surface area (Å²) in [5.41, 5.74) is 2.95. The Hall–Kier alpha value is -2.46. The second-order valence-corrected chi connectivity index (χ2v) is 8.35. The van der Waals surface area contributed by atoms with Crippen LogP contribution in [0.5, 0.6) is 5.75 Å². The van der Waals surface area contributed by atoms with Gasteiger partial charge in [0, 0.05) is 18.9 Å². The van der Waals surface area contributed by atoms with Crippen LogP contribution in [-0.4, -0.2) is 40.3 Å². The summed E-state index contributed by atoms with van der Waals surface area (Å²) in [5, 5.41) is 0. The van der Waals surface area contributed by atoms with Crippen LogP contribution in [0.2, 0.25) is 0 Å². The molecule has 1 aliphatic heterocycles. The van der Waals surface area contributed by atoms with Crippen LogP contribution >= 0.6 is 0 Å². The average Bonchev–Trinajstić information content (AvgIpc) is 3.46. The summed E-state index contributed by atoms with van der Waals surface area (Å²) < 4.78 is 17.7. The van der Waals surface area contributed by atoms with Gasteiger partial charge in [-0.2, -0.15) is 0 Å². The summed E-state index contributed by atoms with van der Waals surface area (Å²) in [7, 11) is 0. The molecule has 6 nitrogen and oxygen atoms in total. The number of rotatable bonds is 6. The number of pyridine rings is 1. The number of ether oxygens (including phenoxy) is 3. The molecule has 0 spiro atoms. The molecule has 1 aliphatic carbocycles. The third kappa shape index (κ3) is 5.29. The third-order valence-electron chi connectivity index (χ3n) is 4.76. The first kappa shape index (κ1) is 20.3. The van der Waals surface area contributed by atoms with Crippen LogP contribution in [0.25, 0.3) is 0 Å². The molecule has 1 aromatic heterocycles. The van der Waals surface area contributed by atoms with Gasteiger partial charge in [0.2, 0.25) is 0 Å². The molecule has 0 bridgehead atoms. The van der Waals surface area contributed by atoms with Gasteiger partial charge in [0.25, 0.3) is 0 Å². The number of carbonyl (C=O) groups excluding carboxylic acids is 1. The van der Waals surface area contributed by atoms with E-state index in [1.807, 2.05) is 26.8 Å². The summed E-state index contributed by atoms with van der Waals surface area (Å²) in [4.78, 5) is 18.9. The fourth-order valence-electron chi connectivity index (χ4n) is 3.39. The number of hydrogen-bond acceptors (Lipinski definition) is 5. The highest BCUT2D eigenvalue weighted by atomic mass is 16.6. The number of piperidine rings is 1. The van der Waals surface area contributed by atoms with Crippen molar-refractivity contribution in [3.05, 3.63) is 42.6 Å². The first-order chi connectivity index (χ1) is 13.4. The molecule has 2 heterocycles. The molecule has 1 amide bonds. The number of likely N-dealkylation sites (tertiary alicyclic amines) is 1. The molecular weight excluding hydrogens is 356 g/mol. The SMILES string of the molecule is C=C=COC(c1cnccc1OC1CC1)C1CCCCN1C(=O)OC(C)(C)C. The molecular formula is C22H30N2O4. The van der Waals surface area contributed by atoms with Crippen LogP contribution in [0.3, 0.4) is 0 Å². The maximum Gasteiger partial charge on any atom is 0.410 e. The summed E-state index contributed by atoms with van der Waals surface area (Å²) in [6.07, 6.45) is 9.33. The lowest BCUT2D eigenvalue weighted by atomic mass is 9.93. The van der Waals surface area contributed by atoms with E-state index in [1.165, 1.54) is 6.26 Å². The minimum absolute atomic E-state index is 0.182. The number of carbonyl (C=O) groups is 1. The highest BCUT2D eigenvalue weighted by Crippen LogP contribution is 2.38. The number of nitrogens with zero attached hydrogens (tertiary/aromatic N) is 2. The molecule has 2 fully saturated rings. The van der Waals surface area contributed by atoms with E-state index in [-0.39, 0.29) is 18.2 Å². The van der Waals surface area contributed by atoms with Gasteiger partial charge in [-0.1, -0.05) is 12.3 Å². The van der Waals surface area contributed by atoms with Gasteiger partial charge in [-0.15, -0.1) is 0 Å². The normalized spacial score (nSPS) is 20.7. The average molecular weight is 386 g/mol. The van der Waals surface area contributed by atoms with E-state index in [0.29, 0.717) is 6.54 Å². The van der Waals surface area contributed by atoms with Gasteiger partial charge in [-0.05, 0) is 58.9 Å². The molecule has 2 atom stereocenters. The maximum atomic E-state index is 12.9. The van der Waals surface area contributed by atoms with Gasteiger partial charge in [-0.3, -0.25) is 4.98 Å². The second kappa shape index (κ2) is 8.70. The molecule has 0 aromatic carbocycles. The standard InChI is InChI=1S/C22H30N2O4/c1-5-14-26-20(17-15-23-12-11-19(17)27-16-9-10-16)18-8-6-7-13-24(18)21(25)28-22(2,3)4/h11-12,14-16,18,20H,1,6-10,13H2,2-4H3. The topological polar surface area (TPSA) is 60.9 Å². The van der Waals surface area contributed by atoms with E-state index >= 15 is 0 Å². The summed E-state index contributed by atoms with van der Waals surface area (Å²) >= 11 is 0. The predicted octanol–water partition coefficient (Wildman–Crippen LogP) is 4.77. The molecule has 6 heteroatoms. The molecule has 2 unspecified atom stereocenters. The van der Waals surface area contributed by atoms with Crippen LogP contribution in [-0.2, 0) is 9.47 Å². The van der Waals surface area contributed by atoms with Crippen LogP contribution in [0.4, 0.5) is 4.79 Å². The van der Waals surface area contributed by atoms with Crippen molar-refractivity contribution in [3.63, 3.8) is 0 Å². The molecule has 1 saturated heterocycles. The van der Waals surface area contributed by atoms with Gasteiger partial charge in [0.05, 0.1) is 17.7 Å². The van der Waals surface area contributed by atoms with E-state index in [9.17, 15) is 4.79 Å². The Balaban J connectivity index is 1.90. The van der Waals surface area contributed by atoms with Crippen LogP contribution < -0.4 is 4.74 Å². The van der Waals surface area contributed by atoms with Crippen molar-refractivity contribution in [2.45, 2.75) is 76.7 Å². The minimum atomic E-state index is -0.551. The van der Waals surface area contributed by atoms with E-state index in [1.54, 1.807) is 17.3 Å². The number of aromatic nitrogens is 1. The van der Waals surface area contributed by atoms with Crippen LogP contribution in [0.1, 0.15) is 64.5 Å². The highest BCUT2D eigenvalue weighted by molar-refractivity contribution is 5.69. The van der Waals surface area contributed by atoms with Crippen molar-refractivity contribution in [2.75, 3.05) is 6.54 Å². The zero-order chi connectivity index (χ0) is 20.1. The van der Waals surface area contributed by atoms with Crippen molar-refractivity contribution in [2.24, 2.45) is 0 Å². The lowest BCUT2D eigenvalue weighted by molar-refractivity contribution is -0.0210. The molecule has 0 N–H and O–H groups in total. The molecule has 3 rings (SSSR count). The van der Waals surface area contributed by atoms with Crippen molar-refractivity contribution in [1.29, 1.82) is 0 Å². The van der Waals surface area contributed by atoms with E-state index < -0.39 is 11.7 Å². The van der Waals surface area contributed by atoms with Crippen LogP contribution in [0.15, 0.2) is 37.0 Å². The molecule has 2 aliphatic rings. The molecule has 28 heavy (non-hydrogen) atoms. The van der Waals surface area contributed by atoms with Gasteiger partial charge < -0.3 is 19.1 Å². The van der Waals surface area contributed by atoms with Gasteiger partial charge >= 0.3 is 6.09 Å². The van der Waals surface area contributed by atoms with Crippen molar-refractivity contribution in [3.8, 4) is 5.75 Å². The summed E-state index contributed by atoms with van der Waals surface area (Å²) in [5.74, 6) is 0.759.